The molecule has 0 radical (unpaired) electrons. The van der Waals surface area contributed by atoms with E-state index >= 15 is 0 Å². The number of hydrogen-bond donors (Lipinski definition) is 2. The molecule has 0 aliphatic carbocycles. The first-order chi connectivity index (χ1) is 17.6. The number of halogens is 1. The van der Waals surface area contributed by atoms with Gasteiger partial charge in [0.05, 0.1) is 23.9 Å². The number of carbonyl (C=O) groups is 3. The molecule has 2 aliphatic heterocycles. The van der Waals surface area contributed by atoms with Crippen LogP contribution in [0.25, 0.3) is 0 Å². The van der Waals surface area contributed by atoms with E-state index in [1.54, 1.807) is 11.0 Å². The third-order valence-electron chi connectivity index (χ3n) is 6.78. The van der Waals surface area contributed by atoms with Crippen LogP contribution in [-0.4, -0.2) is 46.8 Å². The Morgan fingerprint density at radius 1 is 1.19 bits per heavy atom. The van der Waals surface area contributed by atoms with Gasteiger partial charge in [-0.15, -0.1) is 6.58 Å². The number of amides is 4. The number of rotatable bonds is 8. The number of nitrogens with zero attached hydrogens (tertiary/aromatic N) is 2. The molecular formula is C29H33FN4O3. The monoisotopic (exact) mass is 504 g/mol. The van der Waals surface area contributed by atoms with E-state index in [-0.39, 0.29) is 36.9 Å². The third-order valence-corrected chi connectivity index (χ3v) is 6.78. The number of aryl methyl sites for hydroxylation is 2. The standard InChI is InChI=1S/C29H33FN4O3/c1-6-13-33-24-16-34(23(14-17(2)3)27(35)31-21-10-8-20(30)9-11-21)28(36)25(24)26(32-29(33)37)22-12-7-18(4)15-19(22)5/h6-12,15,17,23,26H,1,13-14,16H2,2-5H3,(H,31,35)(H,32,37). The summed E-state index contributed by atoms with van der Waals surface area (Å²) in [5, 5.41) is 5.83. The van der Waals surface area contributed by atoms with Crippen molar-refractivity contribution in [2.24, 2.45) is 5.92 Å². The van der Waals surface area contributed by atoms with Gasteiger partial charge in [-0.25, -0.2) is 9.18 Å². The minimum Gasteiger partial charge on any atom is -0.326 e. The van der Waals surface area contributed by atoms with Gasteiger partial charge in [0.2, 0.25) is 5.91 Å². The average molecular weight is 505 g/mol. The van der Waals surface area contributed by atoms with Gasteiger partial charge < -0.3 is 15.5 Å². The Morgan fingerprint density at radius 2 is 1.89 bits per heavy atom. The zero-order valence-corrected chi connectivity index (χ0v) is 21.7. The molecule has 0 spiro atoms. The van der Waals surface area contributed by atoms with Gasteiger partial charge in [0.25, 0.3) is 5.91 Å². The van der Waals surface area contributed by atoms with E-state index in [2.05, 4.69) is 17.2 Å². The van der Waals surface area contributed by atoms with Crippen LogP contribution in [0.5, 0.6) is 0 Å². The van der Waals surface area contributed by atoms with E-state index in [4.69, 9.17) is 0 Å². The zero-order chi connectivity index (χ0) is 26.9. The minimum atomic E-state index is -0.774. The second-order valence-corrected chi connectivity index (χ2v) is 10.1. The molecule has 0 saturated carbocycles. The van der Waals surface area contributed by atoms with Crippen LogP contribution in [0.2, 0.25) is 0 Å². The van der Waals surface area contributed by atoms with Crippen molar-refractivity contribution in [3.05, 3.63) is 88.9 Å². The van der Waals surface area contributed by atoms with Crippen LogP contribution in [0.15, 0.2) is 66.4 Å². The van der Waals surface area contributed by atoms with Gasteiger partial charge in [-0.1, -0.05) is 43.7 Å². The first-order valence-electron chi connectivity index (χ1n) is 12.5. The van der Waals surface area contributed by atoms with E-state index in [9.17, 15) is 18.8 Å². The molecule has 37 heavy (non-hydrogen) atoms. The summed E-state index contributed by atoms with van der Waals surface area (Å²) in [6, 6.07) is 9.72. The molecule has 4 rings (SSSR count). The second-order valence-electron chi connectivity index (χ2n) is 10.1. The van der Waals surface area contributed by atoms with Gasteiger partial charge in [-0.2, -0.15) is 0 Å². The normalized spacial score (nSPS) is 18.2. The van der Waals surface area contributed by atoms with Crippen molar-refractivity contribution in [1.82, 2.24) is 15.1 Å². The minimum absolute atomic E-state index is 0.119. The summed E-state index contributed by atoms with van der Waals surface area (Å²) in [5.41, 5.74) is 4.39. The summed E-state index contributed by atoms with van der Waals surface area (Å²) in [4.78, 5) is 43.7. The maximum atomic E-state index is 14.0. The highest BCUT2D eigenvalue weighted by molar-refractivity contribution is 6.05. The summed E-state index contributed by atoms with van der Waals surface area (Å²) in [6.45, 7) is 12.1. The van der Waals surface area contributed by atoms with Crippen molar-refractivity contribution in [3.8, 4) is 0 Å². The Hall–Kier alpha value is -3.94. The van der Waals surface area contributed by atoms with E-state index in [0.29, 0.717) is 23.4 Å². The maximum Gasteiger partial charge on any atom is 0.322 e. The van der Waals surface area contributed by atoms with Gasteiger partial charge in [-0.3, -0.25) is 14.5 Å². The van der Waals surface area contributed by atoms with Crippen LogP contribution in [0.4, 0.5) is 14.9 Å². The first kappa shape index (κ1) is 26.1. The summed E-state index contributed by atoms with van der Waals surface area (Å²) < 4.78 is 13.4. The molecule has 0 bridgehead atoms. The number of hydrogen-bond acceptors (Lipinski definition) is 3. The van der Waals surface area contributed by atoms with Gasteiger partial charge in [0.1, 0.15) is 11.9 Å². The molecule has 2 heterocycles. The number of urea groups is 1. The fourth-order valence-corrected chi connectivity index (χ4v) is 5.05. The quantitative estimate of drug-likeness (QED) is 0.505. The Bertz CT molecular complexity index is 1270. The highest BCUT2D eigenvalue weighted by Gasteiger charge is 2.47. The second kappa shape index (κ2) is 10.6. The van der Waals surface area contributed by atoms with Gasteiger partial charge in [0, 0.05) is 12.2 Å². The van der Waals surface area contributed by atoms with Crippen LogP contribution in [0.1, 0.15) is 43.0 Å². The maximum absolute atomic E-state index is 14.0. The average Bonchev–Trinajstić information content (AvgIpc) is 3.17. The van der Waals surface area contributed by atoms with Gasteiger partial charge in [0.15, 0.2) is 0 Å². The lowest BCUT2D eigenvalue weighted by molar-refractivity contribution is -0.134. The number of benzene rings is 2. The summed E-state index contributed by atoms with van der Waals surface area (Å²) >= 11 is 0. The highest BCUT2D eigenvalue weighted by atomic mass is 19.1. The first-order valence-corrected chi connectivity index (χ1v) is 12.5. The molecule has 0 aromatic heterocycles. The van der Waals surface area contributed by atoms with E-state index < -0.39 is 17.9 Å². The highest BCUT2D eigenvalue weighted by Crippen LogP contribution is 2.39. The lowest BCUT2D eigenvalue weighted by atomic mass is 9.91. The van der Waals surface area contributed by atoms with Crippen molar-refractivity contribution in [2.45, 2.75) is 46.2 Å². The molecule has 2 unspecified atom stereocenters. The number of anilines is 1. The van der Waals surface area contributed by atoms with Crippen molar-refractivity contribution < 1.29 is 18.8 Å². The van der Waals surface area contributed by atoms with E-state index in [1.807, 2.05) is 45.9 Å². The van der Waals surface area contributed by atoms with E-state index in [0.717, 1.165) is 16.7 Å². The molecule has 4 amide bonds. The molecular weight excluding hydrogens is 471 g/mol. The Labute approximate surface area is 217 Å². The smallest absolute Gasteiger partial charge is 0.322 e. The van der Waals surface area contributed by atoms with Crippen molar-refractivity contribution in [2.75, 3.05) is 18.4 Å². The van der Waals surface area contributed by atoms with Crippen LogP contribution >= 0.6 is 0 Å². The molecule has 0 saturated heterocycles. The van der Waals surface area contributed by atoms with Gasteiger partial charge >= 0.3 is 6.03 Å². The number of nitrogens with one attached hydrogen (secondary N) is 2. The fraction of sp³-hybridized carbons (Fsp3) is 0.345. The predicted octanol–water partition coefficient (Wildman–Crippen LogP) is 4.84. The molecule has 7 nitrogen and oxygen atoms in total. The van der Waals surface area contributed by atoms with Crippen LogP contribution in [0.3, 0.4) is 0 Å². The molecule has 0 fully saturated rings. The van der Waals surface area contributed by atoms with Crippen LogP contribution in [0, 0.1) is 25.6 Å². The Balaban J connectivity index is 1.71. The van der Waals surface area contributed by atoms with Crippen molar-refractivity contribution >= 4 is 23.5 Å². The predicted molar refractivity (Wildman–Crippen MR) is 141 cm³/mol. The summed E-state index contributed by atoms with van der Waals surface area (Å²) in [7, 11) is 0. The SMILES string of the molecule is C=CCN1C(=O)NC(c2ccc(C)cc2C)C2=C1CN(C(CC(C)C)C(=O)Nc1ccc(F)cc1)C2=O. The molecule has 2 aliphatic rings. The summed E-state index contributed by atoms with van der Waals surface area (Å²) in [5.74, 6) is -0.922. The van der Waals surface area contributed by atoms with Crippen LogP contribution in [-0.2, 0) is 9.59 Å². The molecule has 2 aromatic rings. The summed E-state index contributed by atoms with van der Waals surface area (Å²) in [6.07, 6.45) is 2.04. The molecule has 194 valence electrons. The Kier molecular flexibility index (Phi) is 7.47. The molecule has 8 heteroatoms. The molecule has 2 aromatic carbocycles. The fourth-order valence-electron chi connectivity index (χ4n) is 5.05. The van der Waals surface area contributed by atoms with Crippen molar-refractivity contribution in [3.63, 3.8) is 0 Å². The Morgan fingerprint density at radius 3 is 2.51 bits per heavy atom. The largest absolute Gasteiger partial charge is 0.326 e. The lowest BCUT2D eigenvalue weighted by Crippen LogP contribution is -2.47. The zero-order valence-electron chi connectivity index (χ0n) is 21.7. The lowest BCUT2D eigenvalue weighted by Gasteiger charge is -2.33. The number of carbonyl (C=O) groups excluding carboxylic acids is 3. The molecule has 2 N–H and O–H groups in total. The topological polar surface area (TPSA) is 81.8 Å². The third kappa shape index (κ3) is 5.28. The van der Waals surface area contributed by atoms with Gasteiger partial charge in [-0.05, 0) is 61.6 Å². The van der Waals surface area contributed by atoms with Crippen molar-refractivity contribution in [1.29, 1.82) is 0 Å². The molecule has 2 atom stereocenters. The van der Waals surface area contributed by atoms with Crippen LogP contribution < -0.4 is 10.6 Å². The van der Waals surface area contributed by atoms with E-state index in [1.165, 1.54) is 29.2 Å².